The number of carbonyl (C=O) groups is 1. The third kappa shape index (κ3) is 2.07. The topological polar surface area (TPSA) is 37.3 Å². The highest BCUT2D eigenvalue weighted by atomic mass is 35.5. The molecule has 0 saturated heterocycles. The van der Waals surface area contributed by atoms with Gasteiger partial charge in [-0.25, -0.2) is 0 Å². The van der Waals surface area contributed by atoms with E-state index in [0.29, 0.717) is 11.8 Å². The Labute approximate surface area is 87.5 Å². The summed E-state index contributed by atoms with van der Waals surface area (Å²) in [6.07, 6.45) is 1.25. The van der Waals surface area contributed by atoms with Crippen molar-refractivity contribution in [3.8, 4) is 0 Å². The number of carboxylic acids is 1. The molecule has 1 saturated carbocycles. The third-order valence-electron chi connectivity index (χ3n) is 2.64. The Hall–Kier alpha value is -1.02. The van der Waals surface area contributed by atoms with E-state index in [2.05, 4.69) is 0 Å². The average molecular weight is 211 g/mol. The highest BCUT2D eigenvalue weighted by Gasteiger charge is 2.39. The first-order chi connectivity index (χ1) is 6.66. The molecule has 3 heteroatoms. The van der Waals surface area contributed by atoms with Crippen molar-refractivity contribution in [1.29, 1.82) is 0 Å². The van der Waals surface area contributed by atoms with Crippen molar-refractivity contribution >= 4 is 17.6 Å². The standard InChI is InChI=1S/C11H11ClO2/c12-9-3-1-2-7(4-9)10-5-8(10)6-11(13)14/h1-4,8,10H,5-6H2,(H,13,14)/t8-,10-/m1/s1. The molecule has 0 aliphatic heterocycles. The Morgan fingerprint density at radius 2 is 2.36 bits per heavy atom. The predicted molar refractivity (Wildman–Crippen MR) is 54.6 cm³/mol. The van der Waals surface area contributed by atoms with Crippen molar-refractivity contribution in [3.63, 3.8) is 0 Å². The molecule has 1 aromatic rings. The first-order valence-electron chi connectivity index (χ1n) is 4.64. The minimum Gasteiger partial charge on any atom is -0.481 e. The van der Waals surface area contributed by atoms with Crippen molar-refractivity contribution < 1.29 is 9.90 Å². The van der Waals surface area contributed by atoms with Gasteiger partial charge in [0, 0.05) is 11.4 Å². The third-order valence-corrected chi connectivity index (χ3v) is 2.87. The molecular weight excluding hydrogens is 200 g/mol. The van der Waals surface area contributed by atoms with Crippen LogP contribution in [0.5, 0.6) is 0 Å². The van der Waals surface area contributed by atoms with E-state index in [-0.39, 0.29) is 6.42 Å². The lowest BCUT2D eigenvalue weighted by Gasteiger charge is -1.99. The molecule has 0 unspecified atom stereocenters. The van der Waals surface area contributed by atoms with Crippen molar-refractivity contribution in [2.75, 3.05) is 0 Å². The second kappa shape index (κ2) is 3.62. The van der Waals surface area contributed by atoms with Gasteiger partial charge in [-0.1, -0.05) is 23.7 Å². The van der Waals surface area contributed by atoms with Crippen LogP contribution < -0.4 is 0 Å². The number of benzene rings is 1. The minimum atomic E-state index is -0.709. The molecule has 1 aliphatic carbocycles. The van der Waals surface area contributed by atoms with Crippen molar-refractivity contribution in [3.05, 3.63) is 34.9 Å². The van der Waals surface area contributed by atoms with Gasteiger partial charge in [0.15, 0.2) is 0 Å². The Kier molecular flexibility index (Phi) is 2.46. The summed E-state index contributed by atoms with van der Waals surface area (Å²) in [6.45, 7) is 0. The summed E-state index contributed by atoms with van der Waals surface area (Å²) in [5, 5.41) is 9.34. The van der Waals surface area contributed by atoms with Gasteiger partial charge in [-0.05, 0) is 36.0 Å². The van der Waals surface area contributed by atoms with Crippen LogP contribution in [0.25, 0.3) is 0 Å². The maximum atomic E-state index is 10.5. The predicted octanol–water partition coefficient (Wildman–Crippen LogP) is 2.92. The van der Waals surface area contributed by atoms with E-state index in [0.717, 1.165) is 11.4 Å². The summed E-state index contributed by atoms with van der Waals surface area (Å²) in [6, 6.07) is 7.68. The van der Waals surface area contributed by atoms with Crippen LogP contribution in [-0.4, -0.2) is 11.1 Å². The van der Waals surface area contributed by atoms with E-state index in [1.54, 1.807) is 0 Å². The van der Waals surface area contributed by atoms with E-state index >= 15 is 0 Å². The molecule has 14 heavy (non-hydrogen) atoms. The molecule has 0 bridgehead atoms. The lowest BCUT2D eigenvalue weighted by molar-refractivity contribution is -0.137. The van der Waals surface area contributed by atoms with Gasteiger partial charge in [-0.15, -0.1) is 0 Å². The number of halogens is 1. The zero-order valence-corrected chi connectivity index (χ0v) is 8.37. The van der Waals surface area contributed by atoms with Gasteiger partial charge in [0.05, 0.1) is 0 Å². The van der Waals surface area contributed by atoms with Crippen LogP contribution >= 0.6 is 11.6 Å². The number of aliphatic carboxylic acids is 1. The van der Waals surface area contributed by atoms with Crippen LogP contribution in [0.1, 0.15) is 24.3 Å². The fraction of sp³-hybridized carbons (Fsp3) is 0.364. The normalized spacial score (nSPS) is 24.6. The first kappa shape index (κ1) is 9.53. The SMILES string of the molecule is O=C(O)C[C@H]1C[C@@H]1c1cccc(Cl)c1. The van der Waals surface area contributed by atoms with Gasteiger partial charge in [-0.2, -0.15) is 0 Å². The van der Waals surface area contributed by atoms with Crippen LogP contribution in [0, 0.1) is 5.92 Å². The Morgan fingerprint density at radius 1 is 1.57 bits per heavy atom. The second-order valence-corrected chi connectivity index (χ2v) is 4.19. The smallest absolute Gasteiger partial charge is 0.303 e. The second-order valence-electron chi connectivity index (χ2n) is 3.76. The van der Waals surface area contributed by atoms with Gasteiger partial charge in [0.1, 0.15) is 0 Å². The molecule has 1 N–H and O–H groups in total. The molecule has 1 fully saturated rings. The molecule has 74 valence electrons. The highest BCUT2D eigenvalue weighted by molar-refractivity contribution is 6.30. The fourth-order valence-electron chi connectivity index (χ4n) is 1.84. The Balaban J connectivity index is 2.02. The van der Waals surface area contributed by atoms with Gasteiger partial charge < -0.3 is 5.11 Å². The minimum absolute atomic E-state index is 0.275. The van der Waals surface area contributed by atoms with Crippen LogP contribution in [0.4, 0.5) is 0 Å². The summed E-state index contributed by atoms with van der Waals surface area (Å²) < 4.78 is 0. The van der Waals surface area contributed by atoms with Crippen molar-refractivity contribution in [2.24, 2.45) is 5.92 Å². The summed E-state index contributed by atoms with van der Waals surface area (Å²) in [5.74, 6) is 0.00953. The zero-order valence-electron chi connectivity index (χ0n) is 7.61. The lowest BCUT2D eigenvalue weighted by Crippen LogP contribution is -1.96. The van der Waals surface area contributed by atoms with Crippen LogP contribution in [-0.2, 0) is 4.79 Å². The molecule has 1 aliphatic rings. The molecule has 0 spiro atoms. The highest BCUT2D eigenvalue weighted by Crippen LogP contribution is 2.49. The largest absolute Gasteiger partial charge is 0.481 e. The average Bonchev–Trinajstić information content (AvgIpc) is 2.82. The fourth-order valence-corrected chi connectivity index (χ4v) is 2.04. The summed E-state index contributed by atoms with van der Waals surface area (Å²) in [7, 11) is 0. The van der Waals surface area contributed by atoms with Gasteiger partial charge >= 0.3 is 5.97 Å². The van der Waals surface area contributed by atoms with Crippen molar-refractivity contribution in [1.82, 2.24) is 0 Å². The summed E-state index contributed by atoms with van der Waals surface area (Å²) in [4.78, 5) is 10.5. The van der Waals surface area contributed by atoms with E-state index in [4.69, 9.17) is 16.7 Å². The van der Waals surface area contributed by atoms with E-state index < -0.39 is 5.97 Å². The maximum Gasteiger partial charge on any atom is 0.303 e. The molecule has 0 radical (unpaired) electrons. The van der Waals surface area contributed by atoms with Crippen molar-refractivity contribution in [2.45, 2.75) is 18.8 Å². The zero-order chi connectivity index (χ0) is 10.1. The summed E-state index contributed by atoms with van der Waals surface area (Å²) >= 11 is 5.85. The molecular formula is C11H11ClO2. The van der Waals surface area contributed by atoms with Gasteiger partial charge in [-0.3, -0.25) is 4.79 Å². The van der Waals surface area contributed by atoms with Crippen LogP contribution in [0.15, 0.2) is 24.3 Å². The molecule has 0 heterocycles. The van der Waals surface area contributed by atoms with E-state index in [1.165, 1.54) is 5.56 Å². The molecule has 2 atom stereocenters. The van der Waals surface area contributed by atoms with Gasteiger partial charge in [0.2, 0.25) is 0 Å². The van der Waals surface area contributed by atoms with E-state index in [1.807, 2.05) is 24.3 Å². The van der Waals surface area contributed by atoms with Gasteiger partial charge in [0.25, 0.3) is 0 Å². The quantitative estimate of drug-likeness (QED) is 0.833. The summed E-state index contributed by atoms with van der Waals surface area (Å²) in [5.41, 5.74) is 1.17. The lowest BCUT2D eigenvalue weighted by atomic mass is 10.1. The molecule has 2 rings (SSSR count). The first-order valence-corrected chi connectivity index (χ1v) is 5.02. The van der Waals surface area contributed by atoms with Crippen LogP contribution in [0.3, 0.4) is 0 Å². The molecule has 0 aromatic heterocycles. The Bertz CT molecular complexity index is 362. The molecule has 0 amide bonds. The number of hydrogen-bond acceptors (Lipinski definition) is 1. The number of carboxylic acid groups (broad SMARTS) is 1. The molecule has 1 aromatic carbocycles. The maximum absolute atomic E-state index is 10.5. The van der Waals surface area contributed by atoms with E-state index in [9.17, 15) is 4.79 Å². The number of rotatable bonds is 3. The monoisotopic (exact) mass is 210 g/mol. The molecule has 2 nitrogen and oxygen atoms in total. The van der Waals surface area contributed by atoms with Crippen LogP contribution in [0.2, 0.25) is 5.02 Å². The number of hydrogen-bond donors (Lipinski definition) is 1. The Morgan fingerprint density at radius 3 is 3.00 bits per heavy atom.